The monoisotopic (exact) mass is 335 g/mol. The van der Waals surface area contributed by atoms with Crippen LogP contribution in [-0.2, 0) is 9.53 Å². The largest absolute Gasteiger partial charge is 0.454 e. The summed E-state index contributed by atoms with van der Waals surface area (Å²) in [6.45, 7) is 1.27. The first-order valence-electron chi connectivity index (χ1n) is 6.14. The van der Waals surface area contributed by atoms with Crippen LogP contribution in [0.15, 0.2) is 23.7 Å². The maximum atomic E-state index is 12.0. The third-order valence-electron chi connectivity index (χ3n) is 2.64. The Kier molecular flexibility index (Phi) is 5.20. The molecule has 0 N–H and O–H groups in total. The Labute approximate surface area is 135 Å². The van der Waals surface area contributed by atoms with E-state index in [1.165, 1.54) is 29.7 Å². The first kappa shape index (κ1) is 16.1. The molecule has 0 saturated heterocycles. The normalized spacial score (nSPS) is 11.5. The van der Waals surface area contributed by atoms with Crippen molar-refractivity contribution in [1.82, 2.24) is 9.97 Å². The number of ketones is 1. The number of halogens is 1. The lowest BCUT2D eigenvalue weighted by Crippen LogP contribution is -2.20. The molecular weight excluding hydrogens is 326 g/mol. The SMILES string of the molecule is Cc1csc(C(C#N)C(=O)COC(=O)c2ccc(Cl)nc2)n1. The molecule has 0 aliphatic rings. The van der Waals surface area contributed by atoms with Crippen molar-refractivity contribution in [3.63, 3.8) is 0 Å². The number of nitrogens with zero attached hydrogens (tertiary/aromatic N) is 3. The number of hydrogen-bond acceptors (Lipinski definition) is 7. The lowest BCUT2D eigenvalue weighted by Gasteiger charge is -2.06. The second kappa shape index (κ2) is 7.11. The van der Waals surface area contributed by atoms with Crippen molar-refractivity contribution >= 4 is 34.7 Å². The molecule has 2 rings (SSSR count). The van der Waals surface area contributed by atoms with E-state index < -0.39 is 24.3 Å². The Morgan fingerprint density at radius 2 is 2.27 bits per heavy atom. The molecule has 112 valence electrons. The molecule has 0 spiro atoms. The number of Topliss-reactive ketones (excluding diaryl/α,β-unsaturated/α-hetero) is 1. The van der Waals surface area contributed by atoms with Gasteiger partial charge in [-0.2, -0.15) is 5.26 Å². The predicted octanol–water partition coefficient (Wildman–Crippen LogP) is 2.53. The maximum absolute atomic E-state index is 12.0. The van der Waals surface area contributed by atoms with Gasteiger partial charge in [0.15, 0.2) is 18.3 Å². The van der Waals surface area contributed by atoms with Crippen molar-refractivity contribution in [2.45, 2.75) is 12.8 Å². The van der Waals surface area contributed by atoms with Crippen LogP contribution in [0.4, 0.5) is 0 Å². The van der Waals surface area contributed by atoms with Gasteiger partial charge >= 0.3 is 5.97 Å². The molecule has 0 aliphatic carbocycles. The van der Waals surface area contributed by atoms with E-state index in [1.807, 2.05) is 6.07 Å². The molecule has 2 heterocycles. The Morgan fingerprint density at radius 1 is 1.50 bits per heavy atom. The molecule has 2 aromatic rings. The van der Waals surface area contributed by atoms with E-state index in [9.17, 15) is 9.59 Å². The van der Waals surface area contributed by atoms with Gasteiger partial charge in [-0.05, 0) is 19.1 Å². The summed E-state index contributed by atoms with van der Waals surface area (Å²) in [6.07, 6.45) is 1.25. The Bertz CT molecular complexity index is 737. The van der Waals surface area contributed by atoms with Crippen LogP contribution in [0.1, 0.15) is 27.0 Å². The van der Waals surface area contributed by atoms with Crippen LogP contribution in [0.3, 0.4) is 0 Å². The van der Waals surface area contributed by atoms with Crippen LogP contribution in [0.2, 0.25) is 5.15 Å². The number of hydrogen-bond donors (Lipinski definition) is 0. The van der Waals surface area contributed by atoms with Crippen molar-refractivity contribution in [2.75, 3.05) is 6.61 Å². The molecule has 6 nitrogen and oxygen atoms in total. The van der Waals surface area contributed by atoms with Crippen LogP contribution in [0, 0.1) is 18.3 Å². The van der Waals surface area contributed by atoms with Gasteiger partial charge in [0, 0.05) is 17.3 Å². The van der Waals surface area contributed by atoms with Gasteiger partial charge in [-0.3, -0.25) is 4.79 Å². The molecular formula is C14H10ClN3O3S. The number of rotatable bonds is 5. The molecule has 0 aliphatic heterocycles. The molecule has 1 unspecified atom stereocenters. The zero-order valence-electron chi connectivity index (χ0n) is 11.4. The second-order valence-corrected chi connectivity index (χ2v) is 5.58. The van der Waals surface area contributed by atoms with E-state index in [0.717, 1.165) is 5.69 Å². The van der Waals surface area contributed by atoms with Crippen LogP contribution in [-0.4, -0.2) is 28.3 Å². The Balaban J connectivity index is 1.98. The Morgan fingerprint density at radius 3 is 2.82 bits per heavy atom. The van der Waals surface area contributed by atoms with Gasteiger partial charge in [-0.25, -0.2) is 14.8 Å². The first-order valence-corrected chi connectivity index (χ1v) is 7.40. The van der Waals surface area contributed by atoms with E-state index in [4.69, 9.17) is 21.6 Å². The third kappa shape index (κ3) is 3.87. The maximum Gasteiger partial charge on any atom is 0.340 e. The Hall–Kier alpha value is -2.30. The summed E-state index contributed by atoms with van der Waals surface area (Å²) in [7, 11) is 0. The number of carbonyl (C=O) groups is 2. The standard InChI is InChI=1S/C14H10ClN3O3S/c1-8-7-22-13(18-8)10(4-16)11(19)6-21-14(20)9-2-3-12(15)17-5-9/h2-3,5,7,10H,6H2,1H3. The summed E-state index contributed by atoms with van der Waals surface area (Å²) in [5.74, 6) is -2.26. The van der Waals surface area contributed by atoms with Crippen LogP contribution >= 0.6 is 22.9 Å². The first-order chi connectivity index (χ1) is 10.5. The smallest absolute Gasteiger partial charge is 0.340 e. The topological polar surface area (TPSA) is 92.9 Å². The predicted molar refractivity (Wildman–Crippen MR) is 79.7 cm³/mol. The minimum atomic E-state index is -1.03. The van der Waals surface area contributed by atoms with Gasteiger partial charge in [0.05, 0.1) is 11.6 Å². The van der Waals surface area contributed by atoms with Crippen molar-refractivity contribution in [3.05, 3.63) is 45.1 Å². The zero-order valence-corrected chi connectivity index (χ0v) is 13.0. The average molecular weight is 336 g/mol. The lowest BCUT2D eigenvalue weighted by atomic mass is 10.1. The third-order valence-corrected chi connectivity index (χ3v) is 3.89. The number of thiazole rings is 1. The zero-order chi connectivity index (χ0) is 16.1. The molecule has 0 radical (unpaired) electrons. The van der Waals surface area contributed by atoms with Crippen molar-refractivity contribution in [1.29, 1.82) is 5.26 Å². The van der Waals surface area contributed by atoms with Crippen LogP contribution < -0.4 is 0 Å². The second-order valence-electron chi connectivity index (χ2n) is 4.30. The van der Waals surface area contributed by atoms with E-state index >= 15 is 0 Å². The van der Waals surface area contributed by atoms with Gasteiger partial charge < -0.3 is 4.74 Å². The summed E-state index contributed by atoms with van der Waals surface area (Å²) in [4.78, 5) is 31.6. The molecule has 0 amide bonds. The van der Waals surface area contributed by atoms with Gasteiger partial charge in [0.2, 0.25) is 0 Å². The minimum Gasteiger partial charge on any atom is -0.454 e. The van der Waals surface area contributed by atoms with E-state index in [1.54, 1.807) is 12.3 Å². The number of esters is 1. The number of aryl methyl sites for hydroxylation is 1. The molecule has 8 heteroatoms. The van der Waals surface area contributed by atoms with Gasteiger partial charge in [-0.15, -0.1) is 11.3 Å². The van der Waals surface area contributed by atoms with Gasteiger partial charge in [0.1, 0.15) is 10.2 Å². The highest BCUT2D eigenvalue weighted by Crippen LogP contribution is 2.20. The highest BCUT2D eigenvalue weighted by atomic mass is 35.5. The molecule has 22 heavy (non-hydrogen) atoms. The molecule has 0 fully saturated rings. The summed E-state index contributed by atoms with van der Waals surface area (Å²) >= 11 is 6.84. The fourth-order valence-corrected chi connectivity index (χ4v) is 2.54. The molecule has 2 aromatic heterocycles. The summed E-state index contributed by atoms with van der Waals surface area (Å²) in [5.41, 5.74) is 0.910. The van der Waals surface area contributed by atoms with Gasteiger partial charge in [-0.1, -0.05) is 11.6 Å². The fraction of sp³-hybridized carbons (Fsp3) is 0.214. The van der Waals surface area contributed by atoms with Crippen molar-refractivity contribution in [2.24, 2.45) is 0 Å². The number of nitriles is 1. The molecule has 1 atom stereocenters. The molecule has 0 saturated carbocycles. The quantitative estimate of drug-likeness (QED) is 0.615. The van der Waals surface area contributed by atoms with Gasteiger partial charge in [0.25, 0.3) is 0 Å². The average Bonchev–Trinajstić information content (AvgIpc) is 2.92. The number of pyridine rings is 1. The van der Waals surface area contributed by atoms with E-state index in [2.05, 4.69) is 9.97 Å². The summed E-state index contributed by atoms with van der Waals surface area (Å²) in [5, 5.41) is 11.5. The summed E-state index contributed by atoms with van der Waals surface area (Å²) < 4.78 is 4.90. The van der Waals surface area contributed by atoms with Crippen molar-refractivity contribution < 1.29 is 14.3 Å². The number of ether oxygens (including phenoxy) is 1. The van der Waals surface area contributed by atoms with Crippen molar-refractivity contribution in [3.8, 4) is 6.07 Å². The highest BCUT2D eigenvalue weighted by Gasteiger charge is 2.24. The molecule has 0 bridgehead atoms. The minimum absolute atomic E-state index is 0.177. The lowest BCUT2D eigenvalue weighted by molar-refractivity contribution is -0.122. The van der Waals surface area contributed by atoms with Crippen LogP contribution in [0.25, 0.3) is 0 Å². The summed E-state index contributed by atoms with van der Waals surface area (Å²) in [6, 6.07) is 4.76. The van der Waals surface area contributed by atoms with E-state index in [-0.39, 0.29) is 10.7 Å². The van der Waals surface area contributed by atoms with E-state index in [0.29, 0.717) is 5.01 Å². The van der Waals surface area contributed by atoms with Crippen LogP contribution in [0.5, 0.6) is 0 Å². The highest BCUT2D eigenvalue weighted by molar-refractivity contribution is 7.09. The fourth-order valence-electron chi connectivity index (χ4n) is 1.57. The molecule has 0 aromatic carbocycles. The number of carbonyl (C=O) groups excluding carboxylic acids is 2. The number of aromatic nitrogens is 2.